The molecule has 0 bridgehead atoms. The first kappa shape index (κ1) is 16.9. The van der Waals surface area contributed by atoms with Crippen LogP contribution in [0.15, 0.2) is 16.7 Å². The molecule has 0 unspecified atom stereocenters. The van der Waals surface area contributed by atoms with Gasteiger partial charge >= 0.3 is 0 Å². The van der Waals surface area contributed by atoms with Gasteiger partial charge in [-0.25, -0.2) is 4.98 Å². The van der Waals surface area contributed by atoms with Crippen LogP contribution in [-0.4, -0.2) is 46.8 Å². The molecule has 0 radical (unpaired) electrons. The van der Waals surface area contributed by atoms with Crippen molar-refractivity contribution in [1.82, 2.24) is 14.7 Å². The lowest BCUT2D eigenvalue weighted by molar-refractivity contribution is 0.0834. The Morgan fingerprint density at radius 3 is 2.95 bits per heavy atom. The highest BCUT2D eigenvalue weighted by Gasteiger charge is 2.19. The van der Waals surface area contributed by atoms with Gasteiger partial charge in [0.25, 0.3) is 5.91 Å². The molecule has 2 aromatic rings. The molecule has 120 valence electrons. The highest BCUT2D eigenvalue weighted by molar-refractivity contribution is 9.10. The van der Waals surface area contributed by atoms with Crippen molar-refractivity contribution in [3.05, 3.63) is 33.7 Å². The molecule has 2 heterocycles. The summed E-state index contributed by atoms with van der Waals surface area (Å²) in [6.45, 7) is 4.96. The fourth-order valence-electron chi connectivity index (χ4n) is 2.25. The van der Waals surface area contributed by atoms with E-state index in [9.17, 15) is 4.79 Å². The number of nitrogens with one attached hydrogen (secondary N) is 1. The number of hydrogen-bond acceptors (Lipinski definition) is 4. The van der Waals surface area contributed by atoms with Crippen LogP contribution in [-0.2, 0) is 11.2 Å². The second-order valence-electron chi connectivity index (χ2n) is 4.91. The Labute approximate surface area is 137 Å². The second-order valence-corrected chi connectivity index (χ2v) is 5.77. The molecule has 7 heteroatoms. The van der Waals surface area contributed by atoms with Crippen LogP contribution >= 0.6 is 15.9 Å². The zero-order valence-electron chi connectivity index (χ0n) is 12.7. The Kier molecular flexibility index (Phi) is 5.93. The highest BCUT2D eigenvalue weighted by Crippen LogP contribution is 2.22. The van der Waals surface area contributed by atoms with Gasteiger partial charge in [-0.3, -0.25) is 9.20 Å². The first-order chi connectivity index (χ1) is 10.6. The van der Waals surface area contributed by atoms with Crippen molar-refractivity contribution in [2.75, 3.05) is 26.4 Å². The predicted octanol–water partition coefficient (Wildman–Crippen LogP) is 1.71. The van der Waals surface area contributed by atoms with Crippen molar-refractivity contribution in [3.8, 4) is 0 Å². The van der Waals surface area contributed by atoms with E-state index in [0.717, 1.165) is 21.4 Å². The van der Waals surface area contributed by atoms with Crippen molar-refractivity contribution in [1.29, 1.82) is 0 Å². The normalized spacial score (nSPS) is 11.1. The molecule has 6 nitrogen and oxygen atoms in total. The monoisotopic (exact) mass is 369 g/mol. The van der Waals surface area contributed by atoms with Gasteiger partial charge in [0.15, 0.2) is 5.65 Å². The van der Waals surface area contributed by atoms with Crippen molar-refractivity contribution in [3.63, 3.8) is 0 Å². The van der Waals surface area contributed by atoms with E-state index >= 15 is 0 Å². The number of hydrogen-bond donors (Lipinski definition) is 2. The molecule has 22 heavy (non-hydrogen) atoms. The lowest BCUT2D eigenvalue weighted by Crippen LogP contribution is -2.29. The zero-order chi connectivity index (χ0) is 16.1. The Morgan fingerprint density at radius 2 is 2.27 bits per heavy atom. The summed E-state index contributed by atoms with van der Waals surface area (Å²) in [5.74, 6) is -0.172. The molecule has 0 spiro atoms. The minimum Gasteiger partial charge on any atom is -0.394 e. The number of aliphatic hydroxyl groups is 1. The fraction of sp³-hybridized carbons (Fsp3) is 0.467. The first-order valence-electron chi connectivity index (χ1n) is 7.22. The van der Waals surface area contributed by atoms with Crippen LogP contribution in [0, 0.1) is 6.92 Å². The van der Waals surface area contributed by atoms with E-state index in [-0.39, 0.29) is 19.1 Å². The molecule has 0 fully saturated rings. The average molecular weight is 370 g/mol. The van der Waals surface area contributed by atoms with Crippen molar-refractivity contribution in [2.45, 2.75) is 20.3 Å². The van der Waals surface area contributed by atoms with Crippen LogP contribution in [0.1, 0.15) is 28.7 Å². The molecule has 2 N–H and O–H groups in total. The van der Waals surface area contributed by atoms with Crippen molar-refractivity contribution >= 4 is 27.5 Å². The number of halogens is 1. The third-order valence-corrected chi connectivity index (χ3v) is 3.79. The lowest BCUT2D eigenvalue weighted by Gasteiger charge is -2.08. The summed E-state index contributed by atoms with van der Waals surface area (Å²) in [5.41, 5.74) is 3.10. The quantitative estimate of drug-likeness (QED) is 0.728. The molecule has 2 aromatic heterocycles. The van der Waals surface area contributed by atoms with Gasteiger partial charge in [0.2, 0.25) is 0 Å². The van der Waals surface area contributed by atoms with Gasteiger partial charge in [-0.2, -0.15) is 0 Å². The third kappa shape index (κ3) is 3.66. The molecule has 0 aliphatic rings. The van der Waals surface area contributed by atoms with Gasteiger partial charge in [0.1, 0.15) is 5.69 Å². The smallest absolute Gasteiger partial charge is 0.270 e. The van der Waals surface area contributed by atoms with Crippen LogP contribution in [0.3, 0.4) is 0 Å². The maximum atomic E-state index is 12.5. The molecule has 0 saturated heterocycles. The minimum absolute atomic E-state index is 0.0194. The number of aryl methyl sites for hydroxylation is 2. The maximum absolute atomic E-state index is 12.5. The molecular weight excluding hydrogens is 350 g/mol. The van der Waals surface area contributed by atoms with Gasteiger partial charge in [-0.15, -0.1) is 0 Å². The van der Waals surface area contributed by atoms with E-state index in [1.54, 1.807) is 0 Å². The summed E-state index contributed by atoms with van der Waals surface area (Å²) in [6.07, 6.45) is 2.58. The Bertz CT molecular complexity index is 670. The summed E-state index contributed by atoms with van der Waals surface area (Å²) >= 11 is 3.50. The number of aliphatic hydroxyl groups excluding tert-OH is 1. The number of pyridine rings is 1. The topological polar surface area (TPSA) is 75.9 Å². The predicted molar refractivity (Wildman–Crippen MR) is 87.2 cm³/mol. The number of ether oxygens (including phenoxy) is 1. The SMILES string of the molecule is CCc1nc2c(Br)cc(C)cn2c1C(=O)NCCOCCO. The van der Waals surface area contributed by atoms with E-state index in [4.69, 9.17) is 9.84 Å². The van der Waals surface area contributed by atoms with Crippen LogP contribution in [0.25, 0.3) is 5.65 Å². The van der Waals surface area contributed by atoms with Crippen LogP contribution < -0.4 is 5.32 Å². The maximum Gasteiger partial charge on any atom is 0.270 e. The van der Waals surface area contributed by atoms with E-state index in [0.29, 0.717) is 25.3 Å². The molecule has 2 rings (SSSR count). The van der Waals surface area contributed by atoms with Crippen molar-refractivity contribution in [2.24, 2.45) is 0 Å². The van der Waals surface area contributed by atoms with Crippen molar-refractivity contribution < 1.29 is 14.6 Å². The first-order valence-corrected chi connectivity index (χ1v) is 8.01. The Hall–Kier alpha value is -1.44. The van der Waals surface area contributed by atoms with E-state index in [1.807, 2.05) is 30.5 Å². The van der Waals surface area contributed by atoms with E-state index in [1.165, 1.54) is 0 Å². The number of carbonyl (C=O) groups excluding carboxylic acids is 1. The molecule has 0 aliphatic heterocycles. The summed E-state index contributed by atoms with van der Waals surface area (Å²) < 4.78 is 7.83. The zero-order valence-corrected chi connectivity index (χ0v) is 14.3. The van der Waals surface area contributed by atoms with Crippen LogP contribution in [0.2, 0.25) is 0 Å². The number of aromatic nitrogens is 2. The number of amides is 1. The van der Waals surface area contributed by atoms with Crippen LogP contribution in [0.5, 0.6) is 0 Å². The number of fused-ring (bicyclic) bond motifs is 1. The average Bonchev–Trinajstić information content (AvgIpc) is 2.85. The molecule has 0 aromatic carbocycles. The molecule has 0 saturated carbocycles. The fourth-order valence-corrected chi connectivity index (χ4v) is 2.89. The third-order valence-electron chi connectivity index (χ3n) is 3.20. The van der Waals surface area contributed by atoms with Gasteiger partial charge in [-0.1, -0.05) is 6.92 Å². The lowest BCUT2D eigenvalue weighted by atomic mass is 10.2. The molecular formula is C15H20BrN3O3. The number of rotatable bonds is 7. The van der Waals surface area contributed by atoms with E-state index in [2.05, 4.69) is 26.2 Å². The molecule has 0 aliphatic carbocycles. The largest absolute Gasteiger partial charge is 0.394 e. The molecule has 1 amide bonds. The standard InChI is InChI=1S/C15H20BrN3O3/c1-3-12-13(15(21)17-4-6-22-7-5-20)19-9-10(2)8-11(16)14(19)18-12/h8-9,20H,3-7H2,1-2H3,(H,17,21). The Morgan fingerprint density at radius 1 is 1.50 bits per heavy atom. The minimum atomic E-state index is -0.172. The van der Waals surface area contributed by atoms with E-state index < -0.39 is 0 Å². The second kappa shape index (κ2) is 7.71. The number of nitrogens with zero attached hydrogens (tertiary/aromatic N) is 2. The summed E-state index contributed by atoms with van der Waals surface area (Å²) in [7, 11) is 0. The van der Waals surface area contributed by atoms with Gasteiger partial charge in [0.05, 0.1) is 30.0 Å². The molecule has 0 atom stereocenters. The summed E-state index contributed by atoms with van der Waals surface area (Å²) in [6, 6.07) is 1.98. The van der Waals surface area contributed by atoms with Crippen LogP contribution in [0.4, 0.5) is 0 Å². The number of carbonyl (C=O) groups is 1. The summed E-state index contributed by atoms with van der Waals surface area (Å²) in [4.78, 5) is 17.0. The van der Waals surface area contributed by atoms with Gasteiger partial charge < -0.3 is 15.2 Å². The summed E-state index contributed by atoms with van der Waals surface area (Å²) in [5, 5.41) is 11.5. The Balaban J connectivity index is 2.23. The number of imidazole rings is 1. The highest BCUT2D eigenvalue weighted by atomic mass is 79.9. The van der Waals surface area contributed by atoms with Gasteiger partial charge in [0, 0.05) is 12.7 Å². The van der Waals surface area contributed by atoms with Gasteiger partial charge in [-0.05, 0) is 40.9 Å².